The Balaban J connectivity index is 1.36. The maximum absolute atomic E-state index is 12.3. The number of thiocarbonyl (C=S) groups is 1. The van der Waals surface area contributed by atoms with Crippen LogP contribution in [-0.2, 0) is 7.05 Å². The lowest BCUT2D eigenvalue weighted by Gasteiger charge is -2.24. The average molecular weight is 435 g/mol. The lowest BCUT2D eigenvalue weighted by atomic mass is 10.2. The molecule has 1 aliphatic rings. The van der Waals surface area contributed by atoms with E-state index in [2.05, 4.69) is 15.7 Å². The third-order valence-electron chi connectivity index (χ3n) is 4.86. The first-order valence-electron chi connectivity index (χ1n) is 9.59. The largest absolute Gasteiger partial charge is 0.458 e. The number of urea groups is 1. The fourth-order valence-corrected chi connectivity index (χ4v) is 3.45. The van der Waals surface area contributed by atoms with Crippen molar-refractivity contribution in [1.82, 2.24) is 14.7 Å². The minimum absolute atomic E-state index is 0.324. The molecule has 0 unspecified atom stereocenters. The summed E-state index contributed by atoms with van der Waals surface area (Å²) in [4.78, 5) is 14.6. The Bertz CT molecular complexity index is 1210. The maximum atomic E-state index is 12.3. The fourth-order valence-electron chi connectivity index (χ4n) is 3.24. The average Bonchev–Trinajstić information content (AvgIpc) is 3.11. The van der Waals surface area contributed by atoms with Crippen molar-refractivity contribution in [2.45, 2.75) is 0 Å². The molecule has 0 saturated heterocycles. The van der Waals surface area contributed by atoms with Gasteiger partial charge >= 0.3 is 6.03 Å². The molecule has 0 fully saturated rings. The SMILES string of the molecule is CN1CC=C(Oc2ccc(NC(=O)Nc3ccc4c(cnn4C)c3)cc2)C=C1C(N)=S. The zero-order valence-corrected chi connectivity index (χ0v) is 17.9. The molecule has 2 heterocycles. The molecule has 31 heavy (non-hydrogen) atoms. The van der Waals surface area contributed by atoms with Crippen LogP contribution in [0.1, 0.15) is 0 Å². The van der Waals surface area contributed by atoms with E-state index < -0.39 is 0 Å². The molecule has 3 aromatic rings. The Kier molecular flexibility index (Phi) is 5.59. The lowest BCUT2D eigenvalue weighted by Crippen LogP contribution is -2.30. The van der Waals surface area contributed by atoms with E-state index >= 15 is 0 Å². The van der Waals surface area contributed by atoms with Crippen LogP contribution in [0.15, 0.2) is 72.3 Å². The summed E-state index contributed by atoms with van der Waals surface area (Å²) in [5, 5.41) is 10.8. The molecule has 0 saturated carbocycles. The summed E-state index contributed by atoms with van der Waals surface area (Å²) in [7, 11) is 3.79. The number of hydrogen-bond donors (Lipinski definition) is 3. The van der Waals surface area contributed by atoms with Crippen molar-refractivity contribution in [3.8, 4) is 5.75 Å². The Labute approximate surface area is 185 Å². The molecule has 4 N–H and O–H groups in total. The molecule has 4 rings (SSSR count). The summed E-state index contributed by atoms with van der Waals surface area (Å²) in [5.74, 6) is 1.31. The summed E-state index contributed by atoms with van der Waals surface area (Å²) in [6.07, 6.45) is 5.52. The van der Waals surface area contributed by atoms with Gasteiger partial charge in [-0.05, 0) is 48.5 Å². The Morgan fingerprint density at radius 1 is 1.13 bits per heavy atom. The summed E-state index contributed by atoms with van der Waals surface area (Å²) >= 11 is 5.07. The molecule has 0 bridgehead atoms. The number of anilines is 2. The van der Waals surface area contributed by atoms with Crippen LogP contribution < -0.4 is 21.1 Å². The summed E-state index contributed by atoms with van der Waals surface area (Å²) < 4.78 is 7.67. The number of benzene rings is 2. The number of nitrogens with two attached hydrogens (primary N) is 1. The number of allylic oxidation sites excluding steroid dienone is 1. The molecule has 1 aliphatic heterocycles. The quantitative estimate of drug-likeness (QED) is 0.531. The molecular formula is C22H22N6O2S. The third-order valence-corrected chi connectivity index (χ3v) is 5.07. The van der Waals surface area contributed by atoms with Crippen molar-refractivity contribution < 1.29 is 9.53 Å². The van der Waals surface area contributed by atoms with E-state index in [1.165, 1.54) is 0 Å². The zero-order valence-electron chi connectivity index (χ0n) is 17.1. The number of aromatic nitrogens is 2. The number of nitrogens with one attached hydrogen (secondary N) is 2. The number of likely N-dealkylation sites (N-methyl/N-ethyl adjacent to an activating group) is 1. The van der Waals surface area contributed by atoms with Crippen LogP contribution in [0.25, 0.3) is 10.9 Å². The van der Waals surface area contributed by atoms with Gasteiger partial charge in [0.1, 0.15) is 16.5 Å². The Morgan fingerprint density at radius 3 is 2.58 bits per heavy atom. The molecule has 8 nitrogen and oxygen atoms in total. The van der Waals surface area contributed by atoms with Gasteiger partial charge in [0.25, 0.3) is 0 Å². The second-order valence-electron chi connectivity index (χ2n) is 7.13. The van der Waals surface area contributed by atoms with E-state index in [1.54, 1.807) is 35.1 Å². The van der Waals surface area contributed by atoms with Crippen LogP contribution in [0.4, 0.5) is 16.2 Å². The standard InChI is InChI=1S/C22H22N6O2S/c1-27-10-9-18(12-20(27)21(23)31)30-17-6-3-15(4-7-17)25-22(29)26-16-5-8-19-14(11-16)13-24-28(19)2/h3-9,11-13H,10H2,1-2H3,(H2,23,31)(H2,25,26,29). The molecule has 158 valence electrons. The molecule has 9 heteroatoms. The van der Waals surface area contributed by atoms with E-state index in [0.29, 0.717) is 34.4 Å². The van der Waals surface area contributed by atoms with E-state index in [-0.39, 0.29) is 6.03 Å². The second kappa shape index (κ2) is 8.49. The van der Waals surface area contributed by atoms with Gasteiger partial charge < -0.3 is 26.0 Å². The zero-order chi connectivity index (χ0) is 22.0. The smallest absolute Gasteiger partial charge is 0.323 e. The Hall–Kier alpha value is -3.85. The molecule has 0 aliphatic carbocycles. The van der Waals surface area contributed by atoms with Crippen molar-refractivity contribution in [2.75, 3.05) is 24.2 Å². The van der Waals surface area contributed by atoms with Crippen molar-refractivity contribution >= 4 is 45.5 Å². The molecule has 0 spiro atoms. The fraction of sp³-hybridized carbons (Fsp3) is 0.136. The number of carbonyl (C=O) groups is 1. The van der Waals surface area contributed by atoms with Crippen LogP contribution in [-0.4, -0.2) is 39.3 Å². The van der Waals surface area contributed by atoms with Gasteiger partial charge in [0.05, 0.1) is 17.4 Å². The number of rotatable bonds is 5. The van der Waals surface area contributed by atoms with Gasteiger partial charge in [-0.15, -0.1) is 0 Å². The second-order valence-corrected chi connectivity index (χ2v) is 7.57. The van der Waals surface area contributed by atoms with Crippen LogP contribution in [0.2, 0.25) is 0 Å². The van der Waals surface area contributed by atoms with E-state index in [1.807, 2.05) is 49.3 Å². The predicted octanol–water partition coefficient (Wildman–Crippen LogP) is 3.60. The van der Waals surface area contributed by atoms with Crippen molar-refractivity contribution in [2.24, 2.45) is 12.8 Å². The number of ether oxygens (including phenoxy) is 1. The number of amides is 2. The minimum Gasteiger partial charge on any atom is -0.458 e. The van der Waals surface area contributed by atoms with E-state index in [4.69, 9.17) is 22.7 Å². The van der Waals surface area contributed by atoms with Crippen molar-refractivity contribution in [3.63, 3.8) is 0 Å². The summed E-state index contributed by atoms with van der Waals surface area (Å²) in [5.41, 5.74) is 8.83. The molecule has 0 atom stereocenters. The van der Waals surface area contributed by atoms with E-state index in [0.717, 1.165) is 16.6 Å². The Morgan fingerprint density at radius 2 is 1.84 bits per heavy atom. The molecule has 2 aromatic carbocycles. The summed E-state index contributed by atoms with van der Waals surface area (Å²) in [6.45, 7) is 0.656. The highest BCUT2D eigenvalue weighted by Gasteiger charge is 2.14. The highest BCUT2D eigenvalue weighted by atomic mass is 32.1. The number of carbonyl (C=O) groups excluding carboxylic acids is 1. The number of fused-ring (bicyclic) bond motifs is 1. The van der Waals surface area contributed by atoms with E-state index in [9.17, 15) is 4.79 Å². The van der Waals surface area contributed by atoms with Gasteiger partial charge in [-0.1, -0.05) is 12.2 Å². The normalized spacial score (nSPS) is 13.4. The highest BCUT2D eigenvalue weighted by molar-refractivity contribution is 7.80. The molecular weight excluding hydrogens is 412 g/mol. The molecule has 0 radical (unpaired) electrons. The topological polar surface area (TPSA) is 97.4 Å². The molecule has 2 amide bonds. The predicted molar refractivity (Wildman–Crippen MR) is 126 cm³/mol. The minimum atomic E-state index is -0.334. The molecule has 1 aromatic heterocycles. The number of aryl methyl sites for hydroxylation is 1. The number of nitrogens with zero attached hydrogens (tertiary/aromatic N) is 3. The van der Waals surface area contributed by atoms with Gasteiger partial charge in [-0.2, -0.15) is 5.10 Å². The first kappa shape index (κ1) is 20.4. The van der Waals surface area contributed by atoms with Gasteiger partial charge in [-0.3, -0.25) is 4.68 Å². The summed E-state index contributed by atoms with van der Waals surface area (Å²) in [6, 6.07) is 12.4. The first-order valence-corrected chi connectivity index (χ1v) is 10.0. The van der Waals surface area contributed by atoms with Gasteiger partial charge in [0.2, 0.25) is 0 Å². The van der Waals surface area contributed by atoms with Crippen molar-refractivity contribution in [1.29, 1.82) is 0 Å². The maximum Gasteiger partial charge on any atom is 0.323 e. The lowest BCUT2D eigenvalue weighted by molar-refractivity contribution is 0.262. The van der Waals surface area contributed by atoms with Crippen molar-refractivity contribution in [3.05, 3.63) is 72.3 Å². The monoisotopic (exact) mass is 434 g/mol. The van der Waals surface area contributed by atoms with Gasteiger partial charge in [-0.25, -0.2) is 4.79 Å². The third kappa shape index (κ3) is 4.67. The highest BCUT2D eigenvalue weighted by Crippen LogP contribution is 2.22. The first-order chi connectivity index (χ1) is 14.9. The van der Waals surface area contributed by atoms with Crippen LogP contribution in [0, 0.1) is 0 Å². The number of hydrogen-bond acceptors (Lipinski definition) is 5. The van der Waals surface area contributed by atoms with Crippen LogP contribution in [0.3, 0.4) is 0 Å². The van der Waals surface area contributed by atoms with Crippen LogP contribution >= 0.6 is 12.2 Å². The van der Waals surface area contributed by atoms with Crippen LogP contribution in [0.5, 0.6) is 5.75 Å². The van der Waals surface area contributed by atoms with Gasteiger partial charge in [0.15, 0.2) is 0 Å². The van der Waals surface area contributed by atoms with Gasteiger partial charge in [0, 0.05) is 43.5 Å².